The average Bonchev–Trinajstić information content (AvgIpc) is 3.31. The molecule has 7 nitrogen and oxygen atoms in total. The van der Waals surface area contributed by atoms with Crippen LogP contribution in [0.25, 0.3) is 23.0 Å². The van der Waals surface area contributed by atoms with Crippen LogP contribution >= 0.6 is 0 Å². The predicted molar refractivity (Wildman–Crippen MR) is 143 cm³/mol. The van der Waals surface area contributed by atoms with E-state index in [1.54, 1.807) is 17.7 Å². The number of carbonyl (C=O) groups is 2. The van der Waals surface area contributed by atoms with Gasteiger partial charge in [-0.25, -0.2) is 4.68 Å². The van der Waals surface area contributed by atoms with Crippen molar-refractivity contribution in [2.24, 2.45) is 0 Å². The third-order valence-corrected chi connectivity index (χ3v) is 6.12. The van der Waals surface area contributed by atoms with Gasteiger partial charge in [-0.2, -0.15) is 10.4 Å². The van der Waals surface area contributed by atoms with Crippen LogP contribution in [0.5, 0.6) is 5.75 Å². The number of para-hydroxylation sites is 1. The standard InChI is InChI=1S/C30H30N4O3/c1-5-6-16-33-29(35)26(21(4)27(18-31)30(33)36)17-23-19-34(24-10-8-7-9-11-24)32-28(23)22-12-14-25(15-13-22)37-20(2)3/h7-15,17,19-20H,5-6,16H2,1-4H3/b26-17-. The van der Waals surface area contributed by atoms with Gasteiger partial charge in [-0.05, 0) is 75.2 Å². The molecular formula is C30H30N4O3. The number of amides is 2. The lowest BCUT2D eigenvalue weighted by atomic mass is 9.93. The van der Waals surface area contributed by atoms with E-state index in [0.717, 1.165) is 23.4 Å². The summed E-state index contributed by atoms with van der Waals surface area (Å²) in [6.45, 7) is 7.86. The number of hydrogen-bond acceptors (Lipinski definition) is 5. The second-order valence-electron chi connectivity index (χ2n) is 9.19. The van der Waals surface area contributed by atoms with Gasteiger partial charge in [-0.3, -0.25) is 14.5 Å². The Bertz CT molecular complexity index is 1410. The lowest BCUT2D eigenvalue weighted by molar-refractivity contribution is -0.140. The van der Waals surface area contributed by atoms with Crippen LogP contribution < -0.4 is 4.74 Å². The number of unbranched alkanes of at least 4 members (excludes halogenated alkanes) is 1. The molecular weight excluding hydrogens is 464 g/mol. The molecule has 7 heteroatoms. The molecule has 0 aliphatic carbocycles. The van der Waals surface area contributed by atoms with E-state index in [4.69, 9.17) is 9.84 Å². The van der Waals surface area contributed by atoms with Crippen LogP contribution in [0, 0.1) is 11.3 Å². The van der Waals surface area contributed by atoms with E-state index in [2.05, 4.69) is 0 Å². The fourth-order valence-electron chi connectivity index (χ4n) is 4.20. The van der Waals surface area contributed by atoms with Gasteiger partial charge in [0.05, 0.1) is 17.5 Å². The number of rotatable bonds is 8. The summed E-state index contributed by atoms with van der Waals surface area (Å²) in [4.78, 5) is 27.5. The Morgan fingerprint density at radius 1 is 1.05 bits per heavy atom. The summed E-state index contributed by atoms with van der Waals surface area (Å²) in [5, 5.41) is 14.5. The predicted octanol–water partition coefficient (Wildman–Crippen LogP) is 5.72. The van der Waals surface area contributed by atoms with Crippen LogP contribution in [-0.4, -0.2) is 39.1 Å². The average molecular weight is 495 g/mol. The Morgan fingerprint density at radius 3 is 2.38 bits per heavy atom. The minimum Gasteiger partial charge on any atom is -0.491 e. The second kappa shape index (κ2) is 11.1. The fraction of sp³-hybridized carbons (Fsp3) is 0.267. The summed E-state index contributed by atoms with van der Waals surface area (Å²) < 4.78 is 7.54. The molecule has 0 spiro atoms. The lowest BCUT2D eigenvalue weighted by Crippen LogP contribution is -2.43. The Hall–Kier alpha value is -4.44. The number of nitriles is 1. The summed E-state index contributed by atoms with van der Waals surface area (Å²) in [5.74, 6) is -0.170. The first-order valence-corrected chi connectivity index (χ1v) is 12.5. The van der Waals surface area contributed by atoms with E-state index in [9.17, 15) is 14.9 Å². The van der Waals surface area contributed by atoms with Gasteiger partial charge in [0.15, 0.2) is 0 Å². The zero-order valence-electron chi connectivity index (χ0n) is 21.6. The molecule has 0 saturated carbocycles. The monoisotopic (exact) mass is 494 g/mol. The maximum atomic E-state index is 13.4. The van der Waals surface area contributed by atoms with E-state index in [-0.39, 0.29) is 18.2 Å². The lowest BCUT2D eigenvalue weighted by Gasteiger charge is -2.27. The number of nitrogens with zero attached hydrogens (tertiary/aromatic N) is 4. The van der Waals surface area contributed by atoms with Gasteiger partial charge in [0.1, 0.15) is 17.4 Å². The molecule has 0 unspecified atom stereocenters. The molecule has 0 radical (unpaired) electrons. The number of hydrogen-bond donors (Lipinski definition) is 0. The quantitative estimate of drug-likeness (QED) is 0.295. The Morgan fingerprint density at radius 2 is 1.76 bits per heavy atom. The molecule has 1 aliphatic heterocycles. The molecule has 188 valence electrons. The van der Waals surface area contributed by atoms with Gasteiger partial charge in [0, 0.05) is 29.4 Å². The van der Waals surface area contributed by atoms with Crippen molar-refractivity contribution >= 4 is 17.9 Å². The van der Waals surface area contributed by atoms with Gasteiger partial charge in [0.25, 0.3) is 11.8 Å². The highest BCUT2D eigenvalue weighted by atomic mass is 16.5. The molecule has 1 aromatic heterocycles. The van der Waals surface area contributed by atoms with Crippen molar-refractivity contribution in [1.82, 2.24) is 14.7 Å². The van der Waals surface area contributed by atoms with Crippen LogP contribution in [0.3, 0.4) is 0 Å². The molecule has 0 fully saturated rings. The van der Waals surface area contributed by atoms with Gasteiger partial charge < -0.3 is 4.74 Å². The van der Waals surface area contributed by atoms with E-state index in [0.29, 0.717) is 28.8 Å². The van der Waals surface area contributed by atoms with Crippen molar-refractivity contribution in [2.45, 2.75) is 46.6 Å². The maximum Gasteiger partial charge on any atom is 0.271 e. The summed E-state index contributed by atoms with van der Waals surface area (Å²) in [6.07, 6.45) is 5.15. The van der Waals surface area contributed by atoms with E-state index >= 15 is 0 Å². The van der Waals surface area contributed by atoms with Gasteiger partial charge in [0.2, 0.25) is 0 Å². The highest BCUT2D eigenvalue weighted by molar-refractivity contribution is 6.19. The molecule has 0 atom stereocenters. The van der Waals surface area contributed by atoms with Crippen molar-refractivity contribution < 1.29 is 14.3 Å². The van der Waals surface area contributed by atoms with E-state index in [1.807, 2.05) is 87.6 Å². The minimum absolute atomic E-state index is 0.00542. The van der Waals surface area contributed by atoms with Gasteiger partial charge in [-0.1, -0.05) is 31.5 Å². The molecule has 0 N–H and O–H groups in total. The molecule has 2 aromatic carbocycles. The van der Waals surface area contributed by atoms with Crippen molar-refractivity contribution in [3.05, 3.63) is 83.1 Å². The SMILES string of the molecule is CCCCN1C(=O)C(C#N)=C(C)/C(=C/c2cn(-c3ccccc3)nc2-c2ccc(OC(C)C)cc2)C1=O. The van der Waals surface area contributed by atoms with E-state index < -0.39 is 11.8 Å². The molecule has 2 amide bonds. The third-order valence-electron chi connectivity index (χ3n) is 6.12. The second-order valence-corrected chi connectivity index (χ2v) is 9.19. The zero-order chi connectivity index (χ0) is 26.5. The van der Waals surface area contributed by atoms with Crippen LogP contribution in [0.2, 0.25) is 0 Å². The Balaban J connectivity index is 1.85. The first-order valence-electron chi connectivity index (χ1n) is 12.5. The Labute approximate surface area is 217 Å². The van der Waals surface area contributed by atoms with Crippen molar-refractivity contribution in [3.8, 4) is 28.8 Å². The molecule has 0 bridgehead atoms. The topological polar surface area (TPSA) is 88.2 Å². The molecule has 0 saturated heterocycles. The highest BCUT2D eigenvalue weighted by Gasteiger charge is 2.35. The van der Waals surface area contributed by atoms with Gasteiger partial charge in [-0.15, -0.1) is 0 Å². The molecule has 2 heterocycles. The number of ether oxygens (including phenoxy) is 1. The number of benzene rings is 2. The molecule has 3 aromatic rings. The van der Waals surface area contributed by atoms with Crippen molar-refractivity contribution in [3.63, 3.8) is 0 Å². The molecule has 1 aliphatic rings. The fourth-order valence-corrected chi connectivity index (χ4v) is 4.20. The Kier molecular flexibility index (Phi) is 7.69. The van der Waals surface area contributed by atoms with Crippen LogP contribution in [0.15, 0.2) is 77.5 Å². The van der Waals surface area contributed by atoms with E-state index in [1.165, 1.54) is 4.90 Å². The van der Waals surface area contributed by atoms with Crippen LogP contribution in [0.4, 0.5) is 0 Å². The number of aromatic nitrogens is 2. The summed E-state index contributed by atoms with van der Waals surface area (Å²) in [7, 11) is 0. The summed E-state index contributed by atoms with van der Waals surface area (Å²) >= 11 is 0. The normalized spacial score (nSPS) is 15.0. The zero-order valence-corrected chi connectivity index (χ0v) is 21.6. The summed E-state index contributed by atoms with van der Waals surface area (Å²) in [5.41, 5.74) is 3.78. The molecule has 4 rings (SSSR count). The number of imide groups is 1. The molecule has 37 heavy (non-hydrogen) atoms. The third kappa shape index (κ3) is 5.39. The summed E-state index contributed by atoms with van der Waals surface area (Å²) in [6, 6.07) is 19.3. The van der Waals surface area contributed by atoms with Crippen molar-refractivity contribution in [2.75, 3.05) is 6.54 Å². The first-order chi connectivity index (χ1) is 17.8. The highest BCUT2D eigenvalue weighted by Crippen LogP contribution is 2.32. The van der Waals surface area contributed by atoms with Crippen LogP contribution in [-0.2, 0) is 9.59 Å². The largest absolute Gasteiger partial charge is 0.491 e. The van der Waals surface area contributed by atoms with Crippen molar-refractivity contribution in [1.29, 1.82) is 5.26 Å². The number of carbonyl (C=O) groups excluding carboxylic acids is 2. The first kappa shape index (κ1) is 25.6. The maximum absolute atomic E-state index is 13.4. The minimum atomic E-state index is -0.531. The van der Waals surface area contributed by atoms with Gasteiger partial charge >= 0.3 is 0 Å². The van der Waals surface area contributed by atoms with Crippen LogP contribution in [0.1, 0.15) is 46.1 Å². The smallest absolute Gasteiger partial charge is 0.271 e.